The van der Waals surface area contributed by atoms with E-state index in [0.29, 0.717) is 43.1 Å². The van der Waals surface area contributed by atoms with E-state index < -0.39 is 0 Å². The lowest BCUT2D eigenvalue weighted by molar-refractivity contribution is -0.172. The number of nitrogens with zero attached hydrogens (tertiary/aromatic N) is 3. The molecule has 186 valence electrons. The number of rotatable bonds is 6. The zero-order chi connectivity index (χ0) is 23.7. The number of hydrogen-bond donors (Lipinski definition) is 1. The molecule has 3 heterocycles. The molecular formula is C29H38N4O2. The number of hydrogen-bond acceptors (Lipinski definition) is 5. The number of amides is 1. The van der Waals surface area contributed by atoms with Crippen molar-refractivity contribution < 1.29 is 9.53 Å². The van der Waals surface area contributed by atoms with Gasteiger partial charge in [-0.1, -0.05) is 56.7 Å². The number of carbonyl (C=O) groups excluding carboxylic acids is 1. The Morgan fingerprint density at radius 2 is 1.51 bits per heavy atom. The summed E-state index contributed by atoms with van der Waals surface area (Å²) < 4.78 is 5.35. The second kappa shape index (κ2) is 9.88. The molecule has 2 aromatic rings. The third-order valence-electron chi connectivity index (χ3n) is 8.90. The SMILES string of the molecule is O=C(c1cnc(NCc2cc(C3CCCCC3)cc(C3CCCCC3)c2)nc1)N1CCC12COC2. The fourth-order valence-corrected chi connectivity index (χ4v) is 6.55. The Balaban J connectivity index is 1.14. The van der Waals surface area contributed by atoms with E-state index in [1.54, 1.807) is 12.4 Å². The lowest BCUT2D eigenvalue weighted by Crippen LogP contribution is -2.72. The first-order chi connectivity index (χ1) is 17.2. The summed E-state index contributed by atoms with van der Waals surface area (Å²) in [6.07, 6.45) is 17.8. The largest absolute Gasteiger partial charge is 0.376 e. The van der Waals surface area contributed by atoms with Crippen molar-refractivity contribution in [1.29, 1.82) is 0 Å². The Kier molecular flexibility index (Phi) is 6.48. The molecule has 6 nitrogen and oxygen atoms in total. The Hall–Kier alpha value is -2.47. The van der Waals surface area contributed by atoms with E-state index in [-0.39, 0.29) is 11.4 Å². The molecule has 2 saturated heterocycles. The number of anilines is 1. The Labute approximate surface area is 208 Å². The second-order valence-electron chi connectivity index (χ2n) is 11.3. The number of carbonyl (C=O) groups is 1. The third kappa shape index (κ3) is 4.69. The number of nitrogens with one attached hydrogen (secondary N) is 1. The molecule has 2 saturated carbocycles. The van der Waals surface area contributed by atoms with Crippen molar-refractivity contribution in [1.82, 2.24) is 14.9 Å². The van der Waals surface area contributed by atoms with Crippen molar-refractivity contribution in [3.63, 3.8) is 0 Å². The summed E-state index contributed by atoms with van der Waals surface area (Å²) in [6.45, 7) is 2.81. The summed E-state index contributed by atoms with van der Waals surface area (Å²) in [5.74, 6) is 2.01. The lowest BCUT2D eigenvalue weighted by Gasteiger charge is -2.57. The molecule has 0 radical (unpaired) electrons. The van der Waals surface area contributed by atoms with Gasteiger partial charge in [-0.2, -0.15) is 0 Å². The highest BCUT2D eigenvalue weighted by Crippen LogP contribution is 2.39. The van der Waals surface area contributed by atoms with Crippen LogP contribution in [0.5, 0.6) is 0 Å². The van der Waals surface area contributed by atoms with Crippen LogP contribution in [0.3, 0.4) is 0 Å². The molecule has 1 amide bonds. The maximum absolute atomic E-state index is 12.9. The predicted octanol–water partition coefficient (Wildman–Crippen LogP) is 5.80. The first-order valence-corrected chi connectivity index (χ1v) is 13.8. The molecule has 2 aliphatic heterocycles. The van der Waals surface area contributed by atoms with E-state index >= 15 is 0 Å². The van der Waals surface area contributed by atoms with E-state index in [4.69, 9.17) is 4.74 Å². The van der Waals surface area contributed by atoms with Crippen LogP contribution in [0.2, 0.25) is 0 Å². The monoisotopic (exact) mass is 474 g/mol. The first-order valence-electron chi connectivity index (χ1n) is 13.8. The van der Waals surface area contributed by atoms with Crippen LogP contribution in [-0.4, -0.2) is 46.1 Å². The number of ether oxygens (including phenoxy) is 1. The molecule has 1 aromatic carbocycles. The van der Waals surface area contributed by atoms with Crippen molar-refractivity contribution in [3.8, 4) is 0 Å². The van der Waals surface area contributed by atoms with Crippen LogP contribution in [-0.2, 0) is 11.3 Å². The lowest BCUT2D eigenvalue weighted by atomic mass is 9.79. The van der Waals surface area contributed by atoms with Crippen LogP contribution >= 0.6 is 0 Å². The van der Waals surface area contributed by atoms with E-state index in [2.05, 4.69) is 33.5 Å². The maximum atomic E-state index is 12.9. The van der Waals surface area contributed by atoms with Gasteiger partial charge >= 0.3 is 0 Å². The molecule has 0 bridgehead atoms. The average Bonchev–Trinajstić information content (AvgIpc) is 2.87. The first kappa shape index (κ1) is 23.0. The molecule has 1 aromatic heterocycles. The van der Waals surface area contributed by atoms with E-state index in [1.807, 2.05) is 4.90 Å². The van der Waals surface area contributed by atoms with Gasteiger partial charge in [0.15, 0.2) is 0 Å². The highest BCUT2D eigenvalue weighted by molar-refractivity contribution is 5.95. The average molecular weight is 475 g/mol. The smallest absolute Gasteiger partial charge is 0.257 e. The fourth-order valence-electron chi connectivity index (χ4n) is 6.55. The van der Waals surface area contributed by atoms with Gasteiger partial charge in [0.05, 0.1) is 24.3 Å². The van der Waals surface area contributed by atoms with E-state index in [0.717, 1.165) is 13.0 Å². The summed E-state index contributed by atoms with van der Waals surface area (Å²) >= 11 is 0. The molecule has 2 aliphatic carbocycles. The number of benzene rings is 1. The molecular weight excluding hydrogens is 436 g/mol. The van der Waals surface area contributed by atoms with Crippen molar-refractivity contribution in [2.45, 2.75) is 94.5 Å². The number of likely N-dealkylation sites (tertiary alicyclic amines) is 1. The summed E-state index contributed by atoms with van der Waals surface area (Å²) in [7, 11) is 0. The standard InChI is InChI=1S/C29H38N4O2/c34-27(33-12-11-29(33)19-35-20-29)26-17-31-28(32-18-26)30-16-21-13-24(22-7-3-1-4-8-22)15-25(14-21)23-9-5-2-6-10-23/h13-15,17-18,22-23H,1-12,16,19-20H2,(H,30,31,32). The zero-order valence-corrected chi connectivity index (χ0v) is 20.8. The third-order valence-corrected chi connectivity index (χ3v) is 8.90. The summed E-state index contributed by atoms with van der Waals surface area (Å²) in [4.78, 5) is 23.7. The van der Waals surface area contributed by atoms with Crippen LogP contribution in [0.1, 0.15) is 110 Å². The highest BCUT2D eigenvalue weighted by Gasteiger charge is 2.53. The van der Waals surface area contributed by atoms with Crippen molar-refractivity contribution in [2.75, 3.05) is 25.1 Å². The molecule has 4 fully saturated rings. The van der Waals surface area contributed by atoms with E-state index in [9.17, 15) is 4.79 Å². The minimum atomic E-state index is -0.0621. The Morgan fingerprint density at radius 3 is 2.00 bits per heavy atom. The molecule has 6 heteroatoms. The molecule has 4 aliphatic rings. The van der Waals surface area contributed by atoms with Gasteiger partial charge in [0, 0.05) is 25.5 Å². The summed E-state index contributed by atoms with van der Waals surface area (Å²) in [5.41, 5.74) is 4.89. The summed E-state index contributed by atoms with van der Waals surface area (Å²) in [5, 5.41) is 3.42. The van der Waals surface area contributed by atoms with Gasteiger partial charge in [-0.25, -0.2) is 9.97 Å². The van der Waals surface area contributed by atoms with Crippen LogP contribution in [0.4, 0.5) is 5.95 Å². The van der Waals surface area contributed by atoms with Crippen molar-refractivity contribution >= 4 is 11.9 Å². The number of aromatic nitrogens is 2. The van der Waals surface area contributed by atoms with Gasteiger partial charge < -0.3 is 15.0 Å². The van der Waals surface area contributed by atoms with Crippen LogP contribution in [0.15, 0.2) is 30.6 Å². The molecule has 6 rings (SSSR count). The van der Waals surface area contributed by atoms with Gasteiger partial charge in [0.1, 0.15) is 0 Å². The molecule has 35 heavy (non-hydrogen) atoms. The molecule has 0 unspecified atom stereocenters. The van der Waals surface area contributed by atoms with E-state index in [1.165, 1.54) is 80.9 Å². The van der Waals surface area contributed by atoms with Crippen molar-refractivity contribution in [2.24, 2.45) is 0 Å². The minimum Gasteiger partial charge on any atom is -0.376 e. The van der Waals surface area contributed by atoms with Crippen LogP contribution in [0, 0.1) is 0 Å². The zero-order valence-electron chi connectivity index (χ0n) is 20.8. The van der Waals surface area contributed by atoms with Crippen LogP contribution < -0.4 is 5.32 Å². The molecule has 0 atom stereocenters. The topological polar surface area (TPSA) is 67.4 Å². The molecule has 1 N–H and O–H groups in total. The second-order valence-corrected chi connectivity index (χ2v) is 11.3. The maximum Gasteiger partial charge on any atom is 0.257 e. The minimum absolute atomic E-state index is 0.0170. The molecule has 1 spiro atoms. The van der Waals surface area contributed by atoms with Gasteiger partial charge in [-0.05, 0) is 60.6 Å². The van der Waals surface area contributed by atoms with Gasteiger partial charge in [-0.3, -0.25) is 4.79 Å². The van der Waals surface area contributed by atoms with Gasteiger partial charge in [0.25, 0.3) is 5.91 Å². The fraction of sp³-hybridized carbons (Fsp3) is 0.621. The van der Waals surface area contributed by atoms with Gasteiger partial charge in [0.2, 0.25) is 5.95 Å². The summed E-state index contributed by atoms with van der Waals surface area (Å²) in [6, 6.07) is 7.36. The normalized spacial score (nSPS) is 22.5. The predicted molar refractivity (Wildman–Crippen MR) is 137 cm³/mol. The van der Waals surface area contributed by atoms with Crippen LogP contribution in [0.25, 0.3) is 0 Å². The Bertz CT molecular complexity index is 995. The quantitative estimate of drug-likeness (QED) is 0.573. The van der Waals surface area contributed by atoms with Crippen molar-refractivity contribution in [3.05, 3.63) is 52.8 Å². The van der Waals surface area contributed by atoms with Gasteiger partial charge in [-0.15, -0.1) is 0 Å². The highest BCUT2D eigenvalue weighted by atomic mass is 16.5. The Morgan fingerprint density at radius 1 is 0.914 bits per heavy atom.